The van der Waals surface area contributed by atoms with Gasteiger partial charge in [-0.1, -0.05) is 0 Å². The molecule has 0 bridgehead atoms. The average molecular weight is 325 g/mol. The van der Waals surface area contributed by atoms with Gasteiger partial charge in [0.25, 0.3) is 0 Å². The van der Waals surface area contributed by atoms with Crippen LogP contribution in [0, 0.1) is 0 Å². The summed E-state index contributed by atoms with van der Waals surface area (Å²) in [5.41, 5.74) is 3.27. The monoisotopic (exact) mass is 324 g/mol. The molecule has 98 valence electrons. The number of sulfone groups is 1. The highest BCUT2D eigenvalue weighted by Crippen LogP contribution is 2.26. The molecule has 0 saturated carbocycles. The maximum Gasteiger partial charge on any atom is 0.149 e. The maximum atomic E-state index is 11.3. The molecule has 6 nitrogen and oxygen atoms in total. The van der Waals surface area contributed by atoms with Crippen molar-refractivity contribution in [1.29, 1.82) is 0 Å². The summed E-state index contributed by atoms with van der Waals surface area (Å²) in [6, 6.07) is -0.351. The van der Waals surface area contributed by atoms with Gasteiger partial charge in [-0.25, -0.2) is 8.42 Å². The van der Waals surface area contributed by atoms with Gasteiger partial charge in [0.05, 0.1) is 28.2 Å². The molecule has 1 rings (SSSR count). The van der Waals surface area contributed by atoms with Crippen LogP contribution in [-0.2, 0) is 9.84 Å². The van der Waals surface area contributed by atoms with Crippen molar-refractivity contribution in [3.05, 3.63) is 16.4 Å². The Hall–Kier alpha value is -0.440. The molecule has 0 aliphatic rings. The summed E-state index contributed by atoms with van der Waals surface area (Å²) in [4.78, 5) is 0. The van der Waals surface area contributed by atoms with E-state index >= 15 is 0 Å². The van der Waals surface area contributed by atoms with Crippen molar-refractivity contribution in [2.75, 3.05) is 12.0 Å². The molecule has 3 N–H and O–H groups in total. The lowest BCUT2D eigenvalue weighted by atomic mass is 10.2. The van der Waals surface area contributed by atoms with Crippen molar-refractivity contribution < 1.29 is 8.42 Å². The van der Waals surface area contributed by atoms with Gasteiger partial charge in [-0.2, -0.15) is 5.10 Å². The molecule has 1 atom stereocenters. The number of nitrogens with zero attached hydrogens (tertiary/aromatic N) is 2. The molecular weight excluding hydrogens is 308 g/mol. The lowest BCUT2D eigenvalue weighted by molar-refractivity contribution is 0.462. The summed E-state index contributed by atoms with van der Waals surface area (Å²) in [6.45, 7) is 3.94. The molecule has 0 saturated heterocycles. The van der Waals surface area contributed by atoms with E-state index < -0.39 is 15.9 Å². The van der Waals surface area contributed by atoms with E-state index in [4.69, 9.17) is 5.84 Å². The number of aromatic nitrogens is 2. The quantitative estimate of drug-likeness (QED) is 0.617. The number of rotatable bonds is 5. The molecule has 0 fully saturated rings. The Morgan fingerprint density at radius 1 is 1.59 bits per heavy atom. The highest BCUT2D eigenvalue weighted by molar-refractivity contribution is 9.10. The predicted octanol–water partition coefficient (Wildman–Crippen LogP) is 0.776. The molecule has 17 heavy (non-hydrogen) atoms. The summed E-state index contributed by atoms with van der Waals surface area (Å²) in [7, 11) is -3.13. The van der Waals surface area contributed by atoms with E-state index in [1.165, 1.54) is 6.26 Å². The van der Waals surface area contributed by atoms with Crippen LogP contribution in [0.2, 0.25) is 0 Å². The van der Waals surface area contributed by atoms with E-state index in [1.54, 1.807) is 10.9 Å². The van der Waals surface area contributed by atoms with Crippen molar-refractivity contribution in [2.45, 2.75) is 25.9 Å². The van der Waals surface area contributed by atoms with E-state index in [-0.39, 0.29) is 11.8 Å². The minimum absolute atomic E-state index is 0.0689. The second kappa shape index (κ2) is 5.47. The van der Waals surface area contributed by atoms with Crippen molar-refractivity contribution in [3.63, 3.8) is 0 Å². The Morgan fingerprint density at radius 2 is 2.18 bits per heavy atom. The molecule has 1 aromatic rings. The van der Waals surface area contributed by atoms with E-state index in [9.17, 15) is 8.42 Å². The van der Waals surface area contributed by atoms with Crippen LogP contribution in [0.25, 0.3) is 0 Å². The number of nitrogens with two attached hydrogens (primary N) is 1. The molecule has 1 unspecified atom stereocenters. The average Bonchev–Trinajstić information content (AvgIpc) is 2.55. The zero-order valence-corrected chi connectivity index (χ0v) is 12.4. The van der Waals surface area contributed by atoms with Crippen LogP contribution < -0.4 is 11.3 Å². The zero-order valence-electron chi connectivity index (χ0n) is 10.0. The van der Waals surface area contributed by atoms with E-state index in [2.05, 4.69) is 26.5 Å². The van der Waals surface area contributed by atoms with Crippen LogP contribution in [0.1, 0.15) is 31.6 Å². The second-order valence-electron chi connectivity index (χ2n) is 4.23. The third kappa shape index (κ3) is 3.77. The fraction of sp³-hybridized carbons (Fsp3) is 0.667. The Labute approximate surface area is 110 Å². The van der Waals surface area contributed by atoms with Crippen LogP contribution in [-0.4, -0.2) is 30.2 Å². The van der Waals surface area contributed by atoms with Gasteiger partial charge in [-0.15, -0.1) is 0 Å². The minimum atomic E-state index is -3.13. The lowest BCUT2D eigenvalue weighted by Gasteiger charge is -2.19. The fourth-order valence-electron chi connectivity index (χ4n) is 1.60. The summed E-state index contributed by atoms with van der Waals surface area (Å²) in [5.74, 6) is 5.36. The first kappa shape index (κ1) is 14.6. The van der Waals surface area contributed by atoms with Crippen molar-refractivity contribution >= 4 is 25.8 Å². The first-order valence-electron chi connectivity index (χ1n) is 5.13. The predicted molar refractivity (Wildman–Crippen MR) is 70.1 cm³/mol. The Balaban J connectivity index is 3.15. The van der Waals surface area contributed by atoms with Gasteiger partial charge in [0.1, 0.15) is 9.84 Å². The number of hydrazine groups is 1. The largest absolute Gasteiger partial charge is 0.271 e. The molecule has 1 heterocycles. The van der Waals surface area contributed by atoms with Gasteiger partial charge in [-0.3, -0.25) is 16.0 Å². The normalized spacial score (nSPS) is 14.2. The molecule has 1 aromatic heterocycles. The minimum Gasteiger partial charge on any atom is -0.271 e. The number of halogens is 1. The molecule has 0 radical (unpaired) electrons. The first-order valence-corrected chi connectivity index (χ1v) is 7.98. The lowest BCUT2D eigenvalue weighted by Crippen LogP contribution is -2.35. The van der Waals surface area contributed by atoms with Gasteiger partial charge in [0.2, 0.25) is 0 Å². The Bertz CT molecular complexity index is 483. The van der Waals surface area contributed by atoms with Gasteiger partial charge in [-0.05, 0) is 29.8 Å². The van der Waals surface area contributed by atoms with Crippen LogP contribution in [0.4, 0.5) is 0 Å². The van der Waals surface area contributed by atoms with E-state index in [0.717, 1.165) is 10.2 Å². The molecule has 0 spiro atoms. The number of hydrogen-bond acceptors (Lipinski definition) is 5. The first-order chi connectivity index (χ1) is 7.76. The summed E-state index contributed by atoms with van der Waals surface area (Å²) < 4.78 is 25.2. The molecule has 0 amide bonds. The maximum absolute atomic E-state index is 11.3. The third-order valence-electron chi connectivity index (χ3n) is 2.28. The van der Waals surface area contributed by atoms with Gasteiger partial charge in [0, 0.05) is 12.3 Å². The summed E-state index contributed by atoms with van der Waals surface area (Å²) >= 11 is 3.36. The third-order valence-corrected chi connectivity index (χ3v) is 3.83. The zero-order chi connectivity index (χ0) is 13.2. The van der Waals surface area contributed by atoms with E-state index in [0.29, 0.717) is 0 Å². The van der Waals surface area contributed by atoms with Crippen molar-refractivity contribution in [3.8, 4) is 0 Å². The highest BCUT2D eigenvalue weighted by atomic mass is 79.9. The van der Waals surface area contributed by atoms with Crippen molar-refractivity contribution in [2.24, 2.45) is 5.84 Å². The topological polar surface area (TPSA) is 90.0 Å². The Morgan fingerprint density at radius 3 is 2.59 bits per heavy atom. The standard InChI is InChI=1S/C9H17BrN4O2S/c1-6(2)14-9(7(10)4-12-14)8(13-11)5-17(3,15)16/h4,6,8,13H,5,11H2,1-3H3. The highest BCUT2D eigenvalue weighted by Gasteiger charge is 2.23. The molecule has 0 aliphatic heterocycles. The number of hydrogen-bond donors (Lipinski definition) is 2. The molecule has 0 aromatic carbocycles. The second-order valence-corrected chi connectivity index (χ2v) is 7.27. The van der Waals surface area contributed by atoms with Crippen molar-refractivity contribution in [1.82, 2.24) is 15.2 Å². The molecule has 8 heteroatoms. The number of nitrogens with one attached hydrogen (secondary N) is 1. The summed E-state index contributed by atoms with van der Waals surface area (Å²) in [6.07, 6.45) is 2.82. The summed E-state index contributed by atoms with van der Waals surface area (Å²) in [5, 5.41) is 4.19. The van der Waals surface area contributed by atoms with Gasteiger partial charge in [0.15, 0.2) is 0 Å². The fourth-order valence-corrected chi connectivity index (χ4v) is 3.01. The SMILES string of the molecule is CC(C)n1ncc(Br)c1C(CS(C)(=O)=O)NN. The smallest absolute Gasteiger partial charge is 0.149 e. The van der Waals surface area contributed by atoms with E-state index in [1.807, 2.05) is 13.8 Å². The van der Waals surface area contributed by atoms with Crippen LogP contribution >= 0.6 is 15.9 Å². The van der Waals surface area contributed by atoms with Crippen LogP contribution in [0.3, 0.4) is 0 Å². The van der Waals surface area contributed by atoms with Crippen LogP contribution in [0.5, 0.6) is 0 Å². The molecular formula is C9H17BrN4O2S. The Kier molecular flexibility index (Phi) is 4.70. The van der Waals surface area contributed by atoms with Gasteiger partial charge < -0.3 is 0 Å². The molecule has 0 aliphatic carbocycles. The van der Waals surface area contributed by atoms with Crippen LogP contribution in [0.15, 0.2) is 10.7 Å². The van der Waals surface area contributed by atoms with Gasteiger partial charge >= 0.3 is 0 Å².